The molecule has 6 rings (SSSR count). The molecule has 2 aromatic carbocycles. The molecular formula is C33H36N6O3S2. The number of rotatable bonds is 10. The van der Waals surface area contributed by atoms with Crippen LogP contribution in [-0.4, -0.2) is 57.3 Å². The van der Waals surface area contributed by atoms with E-state index in [-0.39, 0.29) is 22.7 Å². The molecule has 4 heterocycles. The predicted octanol–water partition coefficient (Wildman–Crippen LogP) is 6.46. The number of nitrogens with one attached hydrogen (secondary N) is 1. The summed E-state index contributed by atoms with van der Waals surface area (Å²) in [6.45, 7) is 10.1. The van der Waals surface area contributed by atoms with E-state index in [9.17, 15) is 10.1 Å². The van der Waals surface area contributed by atoms with Gasteiger partial charge in [0.1, 0.15) is 0 Å². The van der Waals surface area contributed by atoms with Crippen LogP contribution in [0.1, 0.15) is 41.1 Å². The van der Waals surface area contributed by atoms with Crippen LogP contribution < -0.4 is 10.2 Å². The van der Waals surface area contributed by atoms with Crippen molar-refractivity contribution < 1.29 is 9.66 Å². The van der Waals surface area contributed by atoms with Gasteiger partial charge in [-0.3, -0.25) is 20.0 Å². The van der Waals surface area contributed by atoms with Crippen LogP contribution in [0.3, 0.4) is 0 Å². The van der Waals surface area contributed by atoms with Crippen molar-refractivity contribution in [3.05, 3.63) is 112 Å². The number of aromatic nitrogens is 2. The highest BCUT2D eigenvalue weighted by Gasteiger charge is 2.42. The molecule has 44 heavy (non-hydrogen) atoms. The van der Waals surface area contributed by atoms with Crippen LogP contribution >= 0.6 is 24.0 Å². The molecule has 9 nitrogen and oxygen atoms in total. The monoisotopic (exact) mass is 628 g/mol. The van der Waals surface area contributed by atoms with Crippen molar-refractivity contribution >= 4 is 40.5 Å². The maximum absolute atomic E-state index is 11.0. The van der Waals surface area contributed by atoms with E-state index in [1.807, 2.05) is 18.3 Å². The SMILES string of the molecule is Cc1cc([C@@H]2[C@H](c3ccccn3)NC(=S)N2c2ccc(Sc3ccc([N+](=O)[O-])cc3)cc2)c(C)n1CCCN1CCOCC1. The number of nitro groups is 1. The van der Waals surface area contributed by atoms with Gasteiger partial charge in [0.15, 0.2) is 5.11 Å². The Kier molecular flexibility index (Phi) is 9.27. The van der Waals surface area contributed by atoms with Gasteiger partial charge in [0.2, 0.25) is 0 Å². The highest BCUT2D eigenvalue weighted by Crippen LogP contribution is 2.44. The Bertz CT molecular complexity index is 1610. The molecule has 2 aliphatic heterocycles. The van der Waals surface area contributed by atoms with Gasteiger partial charge in [0.25, 0.3) is 5.69 Å². The second kappa shape index (κ2) is 13.5. The van der Waals surface area contributed by atoms with Crippen LogP contribution in [0.25, 0.3) is 0 Å². The number of thiocarbonyl (C=S) groups is 1. The van der Waals surface area contributed by atoms with Gasteiger partial charge in [0.05, 0.1) is 35.9 Å². The zero-order valence-corrected chi connectivity index (χ0v) is 26.5. The number of pyridine rings is 1. The van der Waals surface area contributed by atoms with Crippen LogP contribution in [0.15, 0.2) is 88.8 Å². The van der Waals surface area contributed by atoms with Crippen molar-refractivity contribution in [3.8, 4) is 0 Å². The van der Waals surface area contributed by atoms with Crippen molar-refractivity contribution in [1.29, 1.82) is 0 Å². The molecule has 228 valence electrons. The summed E-state index contributed by atoms with van der Waals surface area (Å²) >= 11 is 7.54. The molecule has 0 radical (unpaired) electrons. The summed E-state index contributed by atoms with van der Waals surface area (Å²) in [5.41, 5.74) is 5.76. The normalized spacial score (nSPS) is 18.9. The molecule has 0 amide bonds. The summed E-state index contributed by atoms with van der Waals surface area (Å²) in [6, 6.07) is 23.1. The minimum atomic E-state index is -0.381. The lowest BCUT2D eigenvalue weighted by atomic mass is 9.96. The third kappa shape index (κ3) is 6.51. The molecule has 0 aliphatic carbocycles. The summed E-state index contributed by atoms with van der Waals surface area (Å²) in [7, 11) is 0. The quantitative estimate of drug-likeness (QED) is 0.121. The van der Waals surface area contributed by atoms with Gasteiger partial charge >= 0.3 is 0 Å². The largest absolute Gasteiger partial charge is 0.379 e. The third-order valence-corrected chi connectivity index (χ3v) is 9.72. The number of ether oxygens (including phenoxy) is 1. The number of non-ortho nitro benzene ring substituents is 1. The molecule has 0 unspecified atom stereocenters. The lowest BCUT2D eigenvalue weighted by Gasteiger charge is -2.28. The molecule has 4 aromatic rings. The van der Waals surface area contributed by atoms with Gasteiger partial charge in [0, 0.05) is 71.4 Å². The van der Waals surface area contributed by atoms with Crippen LogP contribution in [0.2, 0.25) is 0 Å². The van der Waals surface area contributed by atoms with E-state index in [2.05, 4.69) is 69.9 Å². The highest BCUT2D eigenvalue weighted by atomic mass is 32.2. The van der Waals surface area contributed by atoms with E-state index in [0.717, 1.165) is 67.0 Å². The van der Waals surface area contributed by atoms with Gasteiger partial charge in [-0.25, -0.2) is 0 Å². The lowest BCUT2D eigenvalue weighted by Crippen LogP contribution is -2.37. The van der Waals surface area contributed by atoms with Crippen LogP contribution in [0.5, 0.6) is 0 Å². The second-order valence-corrected chi connectivity index (χ2v) is 12.7. The average Bonchev–Trinajstić information content (AvgIpc) is 3.53. The Morgan fingerprint density at radius 2 is 1.73 bits per heavy atom. The molecule has 2 fully saturated rings. The Balaban J connectivity index is 1.26. The summed E-state index contributed by atoms with van der Waals surface area (Å²) in [5.74, 6) is 0. The second-order valence-electron chi connectivity index (χ2n) is 11.1. The van der Waals surface area contributed by atoms with Gasteiger partial charge in [-0.2, -0.15) is 0 Å². The molecule has 1 N–H and O–H groups in total. The minimum absolute atomic E-state index is 0.0789. The van der Waals surface area contributed by atoms with Crippen molar-refractivity contribution in [2.24, 2.45) is 0 Å². The first-order valence-electron chi connectivity index (χ1n) is 14.9. The van der Waals surface area contributed by atoms with Gasteiger partial charge in [-0.1, -0.05) is 17.8 Å². The predicted molar refractivity (Wildman–Crippen MR) is 177 cm³/mol. The van der Waals surface area contributed by atoms with Crippen LogP contribution in [-0.2, 0) is 11.3 Å². The first-order valence-corrected chi connectivity index (χ1v) is 16.1. The molecule has 2 atom stereocenters. The summed E-state index contributed by atoms with van der Waals surface area (Å²) in [6.07, 6.45) is 2.91. The Labute approximate surface area is 267 Å². The first-order chi connectivity index (χ1) is 21.4. The molecule has 11 heteroatoms. The number of benzene rings is 2. The number of anilines is 1. The molecule has 2 saturated heterocycles. The van der Waals surface area contributed by atoms with Gasteiger partial charge < -0.3 is 19.5 Å². The third-order valence-electron chi connectivity index (χ3n) is 8.39. The number of nitrogens with zero attached hydrogens (tertiary/aromatic N) is 5. The minimum Gasteiger partial charge on any atom is -0.379 e. The zero-order chi connectivity index (χ0) is 30.6. The smallest absolute Gasteiger partial charge is 0.269 e. The standard InChI is InChI=1S/C33H36N6O3S2/c1-23-22-29(24(2)37(23)17-5-16-36-18-20-42-21-19-36)32-31(30-6-3-4-15-34-30)35-33(43)38(32)25-7-11-27(12-8-25)44-28-13-9-26(10-14-28)39(40)41/h3-4,6-15,22,31-32H,5,16-21H2,1-2H3,(H,35,43)/t31-,32+/m0/s1. The maximum atomic E-state index is 11.0. The summed E-state index contributed by atoms with van der Waals surface area (Å²) in [4.78, 5) is 22.0. The van der Waals surface area contributed by atoms with E-state index in [1.54, 1.807) is 23.9 Å². The number of hydrogen-bond acceptors (Lipinski definition) is 7. The Hall–Kier alpha value is -3.77. The number of aryl methyl sites for hydroxylation is 1. The highest BCUT2D eigenvalue weighted by molar-refractivity contribution is 7.99. The van der Waals surface area contributed by atoms with E-state index in [0.29, 0.717) is 5.11 Å². The van der Waals surface area contributed by atoms with Gasteiger partial charge in [-0.15, -0.1) is 0 Å². The zero-order valence-electron chi connectivity index (χ0n) is 24.9. The fourth-order valence-corrected chi connectivity index (χ4v) is 7.31. The number of morpholine rings is 1. The Morgan fingerprint density at radius 1 is 1.02 bits per heavy atom. The summed E-state index contributed by atoms with van der Waals surface area (Å²) < 4.78 is 7.95. The van der Waals surface area contributed by atoms with E-state index in [1.165, 1.54) is 29.1 Å². The number of hydrogen-bond donors (Lipinski definition) is 1. The lowest BCUT2D eigenvalue weighted by molar-refractivity contribution is -0.384. The van der Waals surface area contributed by atoms with Crippen molar-refractivity contribution in [1.82, 2.24) is 19.8 Å². The maximum Gasteiger partial charge on any atom is 0.269 e. The fraction of sp³-hybridized carbons (Fsp3) is 0.333. The fourth-order valence-electron chi connectivity index (χ4n) is 6.14. The van der Waals surface area contributed by atoms with E-state index in [4.69, 9.17) is 21.9 Å². The van der Waals surface area contributed by atoms with Crippen molar-refractivity contribution in [2.45, 2.75) is 48.7 Å². The Morgan fingerprint density at radius 3 is 2.39 bits per heavy atom. The van der Waals surface area contributed by atoms with Crippen LogP contribution in [0, 0.1) is 24.0 Å². The van der Waals surface area contributed by atoms with Crippen molar-refractivity contribution in [3.63, 3.8) is 0 Å². The van der Waals surface area contributed by atoms with E-state index >= 15 is 0 Å². The number of nitro benzene ring substituents is 1. The molecule has 2 aliphatic rings. The average molecular weight is 629 g/mol. The first kappa shape index (κ1) is 30.3. The molecule has 2 aromatic heterocycles. The molecular weight excluding hydrogens is 593 g/mol. The van der Waals surface area contributed by atoms with E-state index < -0.39 is 0 Å². The topological polar surface area (TPSA) is 88.7 Å². The van der Waals surface area contributed by atoms with Crippen LogP contribution in [0.4, 0.5) is 11.4 Å². The molecule has 0 bridgehead atoms. The molecule has 0 saturated carbocycles. The molecule has 0 spiro atoms. The summed E-state index contributed by atoms with van der Waals surface area (Å²) in [5, 5.41) is 15.3. The van der Waals surface area contributed by atoms with Crippen molar-refractivity contribution in [2.75, 3.05) is 37.7 Å². The van der Waals surface area contributed by atoms with Gasteiger partial charge in [-0.05, 0) is 92.6 Å².